The maximum atomic E-state index is 11.9. The Morgan fingerprint density at radius 3 is 2.77 bits per heavy atom. The van der Waals surface area contributed by atoms with Crippen molar-refractivity contribution in [1.29, 1.82) is 0 Å². The van der Waals surface area contributed by atoms with Gasteiger partial charge in [0.25, 0.3) is 0 Å². The lowest BCUT2D eigenvalue weighted by molar-refractivity contribution is -0.115. The third kappa shape index (κ3) is 4.43. The van der Waals surface area contributed by atoms with Gasteiger partial charge in [-0.05, 0) is 23.6 Å². The topological polar surface area (TPSA) is 57.3 Å². The Morgan fingerprint density at radius 1 is 1.32 bits per heavy atom. The number of carbonyl (C=O) groups is 1. The van der Waals surface area contributed by atoms with Crippen LogP contribution in [0.1, 0.15) is 4.88 Å². The van der Waals surface area contributed by atoms with Crippen LogP contribution in [0.3, 0.4) is 0 Å². The molecular weight excluding hydrogens is 320 g/mol. The molecule has 5 nitrogen and oxygen atoms in total. The van der Waals surface area contributed by atoms with E-state index in [2.05, 4.69) is 20.5 Å². The van der Waals surface area contributed by atoms with Crippen LogP contribution in [0.5, 0.6) is 0 Å². The second kappa shape index (κ2) is 8.12. The highest BCUT2D eigenvalue weighted by molar-refractivity contribution is 7.10. The summed E-state index contributed by atoms with van der Waals surface area (Å²) in [5.74, 6) is 0.579. The first-order chi connectivity index (χ1) is 10.3. The molecule has 0 unspecified atom stereocenters. The van der Waals surface area contributed by atoms with Gasteiger partial charge in [-0.15, -0.1) is 23.7 Å². The number of aromatic nitrogens is 1. The fraction of sp³-hybridized carbons (Fsp3) is 0.333. The zero-order valence-corrected chi connectivity index (χ0v) is 13.8. The van der Waals surface area contributed by atoms with Gasteiger partial charge in [-0.1, -0.05) is 6.07 Å². The summed E-state index contributed by atoms with van der Waals surface area (Å²) in [6.45, 7) is 3.98. The van der Waals surface area contributed by atoms with Crippen LogP contribution < -0.4 is 15.5 Å². The Morgan fingerprint density at radius 2 is 2.14 bits per heavy atom. The second-order valence-corrected chi connectivity index (χ2v) is 5.98. The van der Waals surface area contributed by atoms with Crippen LogP contribution in [0, 0.1) is 0 Å². The predicted octanol–water partition coefficient (Wildman–Crippen LogP) is 2.16. The van der Waals surface area contributed by atoms with Gasteiger partial charge < -0.3 is 15.5 Å². The molecule has 7 heteroatoms. The monoisotopic (exact) mass is 338 g/mol. The number of rotatable bonds is 4. The molecule has 2 aromatic heterocycles. The van der Waals surface area contributed by atoms with Crippen molar-refractivity contribution in [3.63, 3.8) is 0 Å². The van der Waals surface area contributed by atoms with Crippen molar-refractivity contribution < 1.29 is 4.79 Å². The van der Waals surface area contributed by atoms with Crippen LogP contribution in [-0.4, -0.2) is 37.1 Å². The molecule has 3 rings (SSSR count). The highest BCUT2D eigenvalue weighted by Crippen LogP contribution is 2.16. The summed E-state index contributed by atoms with van der Waals surface area (Å²) < 4.78 is 0. The number of pyridine rings is 1. The Bertz CT molecular complexity index is 582. The summed E-state index contributed by atoms with van der Waals surface area (Å²) in [5.41, 5.74) is 1.10. The first-order valence-corrected chi connectivity index (χ1v) is 7.93. The SMILES string of the molecule is Cl.O=C(Cc1cccs1)Nc1ccc(N2CCNCC2)cn1. The summed E-state index contributed by atoms with van der Waals surface area (Å²) in [6.07, 6.45) is 2.23. The van der Waals surface area contributed by atoms with Crippen LogP contribution in [0.25, 0.3) is 0 Å². The van der Waals surface area contributed by atoms with Gasteiger partial charge in [0.15, 0.2) is 0 Å². The van der Waals surface area contributed by atoms with Gasteiger partial charge in [0.05, 0.1) is 18.3 Å². The Balaban J connectivity index is 0.00000176. The molecule has 0 aromatic carbocycles. The molecule has 1 amide bonds. The van der Waals surface area contributed by atoms with E-state index in [-0.39, 0.29) is 18.3 Å². The van der Waals surface area contributed by atoms with Crippen LogP contribution in [0.2, 0.25) is 0 Å². The molecule has 0 radical (unpaired) electrons. The van der Waals surface area contributed by atoms with Crippen molar-refractivity contribution >= 4 is 41.2 Å². The number of carbonyl (C=O) groups excluding carboxylic acids is 1. The third-order valence-corrected chi connectivity index (χ3v) is 4.29. The standard InChI is InChI=1S/C15H18N4OS.ClH/c20-15(10-13-2-1-9-21-13)18-14-4-3-12(11-17-14)19-7-5-16-6-8-19;/h1-4,9,11,16H,5-8,10H2,(H,17,18,20);1H. The Kier molecular flexibility index (Phi) is 6.18. The number of nitrogens with one attached hydrogen (secondary N) is 2. The van der Waals surface area contributed by atoms with Crippen molar-refractivity contribution in [1.82, 2.24) is 10.3 Å². The second-order valence-electron chi connectivity index (χ2n) is 4.94. The maximum absolute atomic E-state index is 11.9. The molecule has 3 heterocycles. The number of anilines is 2. The first kappa shape index (κ1) is 16.7. The highest BCUT2D eigenvalue weighted by Gasteiger charge is 2.11. The van der Waals surface area contributed by atoms with E-state index in [4.69, 9.17) is 0 Å². The van der Waals surface area contributed by atoms with E-state index >= 15 is 0 Å². The first-order valence-electron chi connectivity index (χ1n) is 7.05. The molecule has 1 saturated heterocycles. The van der Waals surface area contributed by atoms with E-state index < -0.39 is 0 Å². The molecule has 1 aliphatic heterocycles. The number of hydrogen-bond donors (Lipinski definition) is 2. The van der Waals surface area contributed by atoms with Crippen molar-refractivity contribution in [2.75, 3.05) is 36.4 Å². The fourth-order valence-electron chi connectivity index (χ4n) is 2.33. The van der Waals surface area contributed by atoms with Crippen molar-refractivity contribution in [2.24, 2.45) is 0 Å². The Labute approximate surface area is 140 Å². The summed E-state index contributed by atoms with van der Waals surface area (Å²) in [6, 6.07) is 7.79. The average Bonchev–Trinajstić information content (AvgIpc) is 3.02. The smallest absolute Gasteiger partial charge is 0.230 e. The summed E-state index contributed by atoms with van der Waals surface area (Å²) >= 11 is 1.59. The fourth-order valence-corrected chi connectivity index (χ4v) is 3.03. The molecule has 118 valence electrons. The van der Waals surface area contributed by atoms with E-state index in [1.807, 2.05) is 35.8 Å². The lowest BCUT2D eigenvalue weighted by Gasteiger charge is -2.29. The Hall–Kier alpha value is -1.63. The van der Waals surface area contributed by atoms with Gasteiger partial charge in [0.2, 0.25) is 5.91 Å². The molecule has 0 aliphatic carbocycles. The molecule has 0 atom stereocenters. The molecule has 0 saturated carbocycles. The zero-order valence-electron chi connectivity index (χ0n) is 12.1. The van der Waals surface area contributed by atoms with Crippen LogP contribution in [-0.2, 0) is 11.2 Å². The van der Waals surface area contributed by atoms with Gasteiger partial charge in [-0.2, -0.15) is 0 Å². The lowest BCUT2D eigenvalue weighted by atomic mass is 10.3. The minimum atomic E-state index is -0.0279. The van der Waals surface area contributed by atoms with E-state index in [0.29, 0.717) is 12.2 Å². The van der Waals surface area contributed by atoms with Gasteiger partial charge in [0.1, 0.15) is 5.82 Å². The van der Waals surface area contributed by atoms with Crippen LogP contribution >= 0.6 is 23.7 Å². The minimum absolute atomic E-state index is 0. The number of thiophene rings is 1. The number of amides is 1. The van der Waals surface area contributed by atoms with Gasteiger partial charge in [0, 0.05) is 31.1 Å². The molecule has 1 fully saturated rings. The third-order valence-electron chi connectivity index (χ3n) is 3.41. The van der Waals surface area contributed by atoms with Gasteiger partial charge in [-0.25, -0.2) is 4.98 Å². The lowest BCUT2D eigenvalue weighted by Crippen LogP contribution is -2.43. The zero-order chi connectivity index (χ0) is 14.5. The molecule has 2 aromatic rings. The normalized spacial score (nSPS) is 14.3. The molecule has 1 aliphatic rings. The van der Waals surface area contributed by atoms with E-state index in [1.165, 1.54) is 0 Å². The molecule has 2 N–H and O–H groups in total. The van der Waals surface area contributed by atoms with Crippen molar-refractivity contribution in [3.8, 4) is 0 Å². The quantitative estimate of drug-likeness (QED) is 0.897. The maximum Gasteiger partial charge on any atom is 0.230 e. The summed E-state index contributed by atoms with van der Waals surface area (Å²) in [4.78, 5) is 19.6. The predicted molar refractivity (Wildman–Crippen MR) is 93.2 cm³/mol. The largest absolute Gasteiger partial charge is 0.368 e. The number of halogens is 1. The van der Waals surface area contributed by atoms with Crippen molar-refractivity contribution in [3.05, 3.63) is 40.7 Å². The number of nitrogens with zero attached hydrogens (tertiary/aromatic N) is 2. The van der Waals surface area contributed by atoms with Crippen molar-refractivity contribution in [2.45, 2.75) is 6.42 Å². The molecule has 0 bridgehead atoms. The molecule has 0 spiro atoms. The summed E-state index contributed by atoms with van der Waals surface area (Å²) in [5, 5.41) is 8.14. The van der Waals surface area contributed by atoms with E-state index in [0.717, 1.165) is 36.7 Å². The molecule has 22 heavy (non-hydrogen) atoms. The minimum Gasteiger partial charge on any atom is -0.368 e. The summed E-state index contributed by atoms with van der Waals surface area (Å²) in [7, 11) is 0. The van der Waals surface area contributed by atoms with E-state index in [9.17, 15) is 4.79 Å². The van der Waals surface area contributed by atoms with Gasteiger partial charge >= 0.3 is 0 Å². The average molecular weight is 339 g/mol. The van der Waals surface area contributed by atoms with E-state index in [1.54, 1.807) is 11.3 Å². The van der Waals surface area contributed by atoms with Crippen LogP contribution in [0.15, 0.2) is 35.8 Å². The number of hydrogen-bond acceptors (Lipinski definition) is 5. The van der Waals surface area contributed by atoms with Crippen LogP contribution in [0.4, 0.5) is 11.5 Å². The highest BCUT2D eigenvalue weighted by atomic mass is 35.5. The van der Waals surface area contributed by atoms with Gasteiger partial charge in [-0.3, -0.25) is 4.79 Å². The number of piperazine rings is 1. The molecular formula is C15H19ClN4OS.